The highest BCUT2D eigenvalue weighted by molar-refractivity contribution is 6.08. The predicted octanol–water partition coefficient (Wildman–Crippen LogP) is 2.29. The first-order valence-corrected chi connectivity index (χ1v) is 8.43. The lowest BCUT2D eigenvalue weighted by Crippen LogP contribution is -2.46. The molecule has 0 spiro atoms. The number of aliphatic hydroxyl groups excluding tert-OH is 1. The van der Waals surface area contributed by atoms with E-state index >= 15 is 0 Å². The number of amides is 1. The van der Waals surface area contributed by atoms with Gasteiger partial charge in [-0.3, -0.25) is 4.79 Å². The maximum atomic E-state index is 13.7. The molecule has 1 saturated heterocycles. The lowest BCUT2D eigenvalue weighted by Gasteiger charge is -2.29. The van der Waals surface area contributed by atoms with Crippen LogP contribution in [0.5, 0.6) is 0 Å². The topological polar surface area (TPSA) is 54.7 Å². The smallest absolute Gasteiger partial charge is 0.248 e. The van der Waals surface area contributed by atoms with Crippen LogP contribution in [0.25, 0.3) is 21.8 Å². The Morgan fingerprint density at radius 2 is 1.65 bits per heavy atom. The molecule has 5 nitrogen and oxygen atoms in total. The minimum absolute atomic E-state index is 0.0284. The van der Waals surface area contributed by atoms with Crippen LogP contribution in [0.1, 0.15) is 0 Å². The number of β-amino-alcohol motifs (C(OH)–C–C–N with tert-alkyl or cyclic N) is 1. The molecule has 4 rings (SSSR count). The first-order valence-electron chi connectivity index (χ1n) is 8.43. The number of rotatable bonds is 4. The summed E-state index contributed by atoms with van der Waals surface area (Å²) in [6, 6.07) is 8.65. The molecule has 1 aliphatic heterocycles. The van der Waals surface area contributed by atoms with Crippen LogP contribution in [-0.2, 0) is 16.1 Å². The van der Waals surface area contributed by atoms with Crippen LogP contribution in [0.4, 0.5) is 8.78 Å². The van der Waals surface area contributed by atoms with Crippen molar-refractivity contribution in [1.82, 2.24) is 9.47 Å². The number of halogens is 2. The van der Waals surface area contributed by atoms with E-state index in [9.17, 15) is 18.7 Å². The molecular formula is C19H18F2N2O3. The molecule has 0 saturated carbocycles. The van der Waals surface area contributed by atoms with Gasteiger partial charge in [0.2, 0.25) is 5.91 Å². The van der Waals surface area contributed by atoms with E-state index in [4.69, 9.17) is 4.74 Å². The summed E-state index contributed by atoms with van der Waals surface area (Å²) in [5.41, 5.74) is 1.42. The van der Waals surface area contributed by atoms with Crippen molar-refractivity contribution in [2.45, 2.75) is 12.6 Å². The molecule has 2 heterocycles. The van der Waals surface area contributed by atoms with Gasteiger partial charge in [0.05, 0.1) is 19.3 Å². The monoisotopic (exact) mass is 360 g/mol. The fourth-order valence-electron chi connectivity index (χ4n) is 3.51. The van der Waals surface area contributed by atoms with Gasteiger partial charge >= 0.3 is 0 Å². The van der Waals surface area contributed by atoms with Crippen LogP contribution in [0.2, 0.25) is 0 Å². The van der Waals surface area contributed by atoms with Gasteiger partial charge in [-0.2, -0.15) is 0 Å². The van der Waals surface area contributed by atoms with Crippen molar-refractivity contribution in [2.75, 3.05) is 26.3 Å². The van der Waals surface area contributed by atoms with Gasteiger partial charge in [0.1, 0.15) is 18.2 Å². The zero-order chi connectivity index (χ0) is 18.3. The average Bonchev–Trinajstić information content (AvgIpc) is 2.89. The van der Waals surface area contributed by atoms with Crippen LogP contribution in [0.15, 0.2) is 36.4 Å². The zero-order valence-electron chi connectivity index (χ0n) is 14.0. The van der Waals surface area contributed by atoms with Gasteiger partial charge in [-0.1, -0.05) is 0 Å². The van der Waals surface area contributed by atoms with E-state index in [-0.39, 0.29) is 25.6 Å². The molecule has 26 heavy (non-hydrogen) atoms. The number of carbonyl (C=O) groups excluding carboxylic acids is 1. The van der Waals surface area contributed by atoms with E-state index in [0.717, 1.165) is 0 Å². The highest BCUT2D eigenvalue weighted by Crippen LogP contribution is 2.30. The molecule has 0 bridgehead atoms. The van der Waals surface area contributed by atoms with E-state index < -0.39 is 17.7 Å². The Bertz CT molecular complexity index is 926. The Balaban J connectivity index is 1.69. The maximum absolute atomic E-state index is 13.7. The third-order valence-electron chi connectivity index (χ3n) is 4.70. The van der Waals surface area contributed by atoms with Crippen LogP contribution >= 0.6 is 0 Å². The van der Waals surface area contributed by atoms with Gasteiger partial charge in [0, 0.05) is 34.9 Å². The molecule has 7 heteroatoms. The second-order valence-electron chi connectivity index (χ2n) is 6.48. The van der Waals surface area contributed by atoms with Gasteiger partial charge in [-0.25, -0.2) is 8.78 Å². The van der Waals surface area contributed by atoms with E-state index in [1.807, 2.05) is 4.57 Å². The van der Waals surface area contributed by atoms with E-state index in [0.29, 0.717) is 35.0 Å². The van der Waals surface area contributed by atoms with Crippen molar-refractivity contribution >= 4 is 27.7 Å². The third-order valence-corrected chi connectivity index (χ3v) is 4.70. The Hall–Kier alpha value is -2.51. The van der Waals surface area contributed by atoms with E-state index in [1.165, 1.54) is 24.3 Å². The zero-order valence-corrected chi connectivity index (χ0v) is 14.0. The van der Waals surface area contributed by atoms with Crippen LogP contribution in [0, 0.1) is 11.6 Å². The molecule has 1 N–H and O–H groups in total. The van der Waals surface area contributed by atoms with Gasteiger partial charge in [0.15, 0.2) is 0 Å². The second-order valence-corrected chi connectivity index (χ2v) is 6.48. The molecule has 1 atom stereocenters. The van der Waals surface area contributed by atoms with Crippen molar-refractivity contribution in [3.63, 3.8) is 0 Å². The van der Waals surface area contributed by atoms with E-state index in [1.54, 1.807) is 17.0 Å². The predicted molar refractivity (Wildman–Crippen MR) is 92.8 cm³/mol. The second kappa shape index (κ2) is 6.66. The minimum Gasteiger partial charge on any atom is -0.389 e. The van der Waals surface area contributed by atoms with Crippen molar-refractivity contribution in [3.05, 3.63) is 48.0 Å². The number of carbonyl (C=O) groups is 1. The largest absolute Gasteiger partial charge is 0.389 e. The van der Waals surface area contributed by atoms with E-state index in [2.05, 4.69) is 0 Å². The first kappa shape index (κ1) is 16.9. The van der Waals surface area contributed by atoms with Crippen LogP contribution < -0.4 is 0 Å². The Morgan fingerprint density at radius 1 is 1.04 bits per heavy atom. The van der Waals surface area contributed by atoms with Gasteiger partial charge < -0.3 is 19.3 Å². The summed E-state index contributed by atoms with van der Waals surface area (Å²) in [4.78, 5) is 13.4. The molecule has 136 valence electrons. The first-order chi connectivity index (χ1) is 12.5. The number of morpholine rings is 1. The standard InChI is InChI=1S/C19H18F2N2O3/c20-12-1-3-17-15(7-12)16-8-13(21)2-4-18(16)23(17)10-14(24)9-22-5-6-26-11-19(22)25/h1-4,7-8,14,24H,5-6,9-11H2. The fraction of sp³-hybridized carbons (Fsp3) is 0.316. The molecule has 1 aromatic heterocycles. The lowest BCUT2D eigenvalue weighted by atomic mass is 10.1. The normalized spacial score (nSPS) is 16.6. The van der Waals surface area contributed by atoms with Gasteiger partial charge in [-0.15, -0.1) is 0 Å². The maximum Gasteiger partial charge on any atom is 0.248 e. The molecule has 1 fully saturated rings. The summed E-state index contributed by atoms with van der Waals surface area (Å²) in [5.74, 6) is -0.956. The van der Waals surface area contributed by atoms with Crippen molar-refractivity contribution in [3.8, 4) is 0 Å². The summed E-state index contributed by atoms with van der Waals surface area (Å²) < 4.78 is 34.3. The number of nitrogens with zero attached hydrogens (tertiary/aromatic N) is 2. The summed E-state index contributed by atoms with van der Waals surface area (Å²) in [6.45, 7) is 1.32. The highest BCUT2D eigenvalue weighted by Gasteiger charge is 2.22. The Labute approximate surface area is 148 Å². The summed E-state index contributed by atoms with van der Waals surface area (Å²) in [5, 5.41) is 11.7. The highest BCUT2D eigenvalue weighted by atomic mass is 19.1. The molecule has 1 amide bonds. The summed E-state index contributed by atoms with van der Waals surface area (Å²) in [7, 11) is 0. The Morgan fingerprint density at radius 3 is 2.23 bits per heavy atom. The molecule has 1 aliphatic rings. The third kappa shape index (κ3) is 3.04. The quantitative estimate of drug-likeness (QED) is 0.777. The molecule has 0 aliphatic carbocycles. The van der Waals surface area contributed by atoms with Gasteiger partial charge in [-0.05, 0) is 36.4 Å². The number of aromatic nitrogens is 1. The number of fused-ring (bicyclic) bond motifs is 3. The molecule has 3 aromatic rings. The number of hydrogen-bond acceptors (Lipinski definition) is 3. The lowest BCUT2D eigenvalue weighted by molar-refractivity contribution is -0.144. The van der Waals surface area contributed by atoms with Crippen LogP contribution in [-0.4, -0.2) is 52.9 Å². The number of hydrogen-bond donors (Lipinski definition) is 1. The number of aliphatic hydroxyl groups is 1. The van der Waals surface area contributed by atoms with Crippen LogP contribution in [0.3, 0.4) is 0 Å². The summed E-state index contributed by atoms with van der Waals surface area (Å²) in [6.07, 6.45) is -0.814. The summed E-state index contributed by atoms with van der Waals surface area (Å²) >= 11 is 0. The van der Waals surface area contributed by atoms with Crippen molar-refractivity contribution in [2.24, 2.45) is 0 Å². The van der Waals surface area contributed by atoms with Crippen molar-refractivity contribution in [1.29, 1.82) is 0 Å². The molecular weight excluding hydrogens is 342 g/mol. The molecule has 2 aromatic carbocycles. The molecule has 0 radical (unpaired) electrons. The SMILES string of the molecule is O=C1COCCN1CC(O)Cn1c2ccc(F)cc2c2cc(F)ccc21. The fourth-order valence-corrected chi connectivity index (χ4v) is 3.51. The number of benzene rings is 2. The minimum atomic E-state index is -0.814. The van der Waals surface area contributed by atoms with Gasteiger partial charge in [0.25, 0.3) is 0 Å². The molecule has 1 unspecified atom stereocenters. The Kier molecular flexibility index (Phi) is 4.34. The average molecular weight is 360 g/mol. The van der Waals surface area contributed by atoms with Crippen molar-refractivity contribution < 1.29 is 23.4 Å². The number of ether oxygens (including phenoxy) is 1.